The zero-order valence-electron chi connectivity index (χ0n) is 12.4. The van der Waals surface area contributed by atoms with E-state index >= 15 is 0 Å². The normalized spacial score (nSPS) is 12.3. The van der Waals surface area contributed by atoms with Gasteiger partial charge < -0.3 is 0 Å². The van der Waals surface area contributed by atoms with E-state index in [2.05, 4.69) is 67.8 Å². The highest BCUT2D eigenvalue weighted by molar-refractivity contribution is 5.31. The first-order chi connectivity index (χ1) is 9.70. The smallest absolute Gasteiger partial charge is 0.0460 e. The van der Waals surface area contributed by atoms with E-state index in [1.807, 2.05) is 0 Å². The van der Waals surface area contributed by atoms with E-state index in [9.17, 15) is 0 Å². The van der Waals surface area contributed by atoms with Crippen molar-refractivity contribution in [2.24, 2.45) is 5.84 Å². The highest BCUT2D eigenvalue weighted by Gasteiger charge is 2.10. The van der Waals surface area contributed by atoms with Crippen LogP contribution in [0.2, 0.25) is 0 Å². The van der Waals surface area contributed by atoms with Crippen molar-refractivity contribution in [1.82, 2.24) is 5.43 Å². The number of hydrogen-bond acceptors (Lipinski definition) is 2. The van der Waals surface area contributed by atoms with Gasteiger partial charge in [0.1, 0.15) is 0 Å². The monoisotopic (exact) mass is 268 g/mol. The Morgan fingerprint density at radius 3 is 2.40 bits per heavy atom. The lowest BCUT2D eigenvalue weighted by Crippen LogP contribution is -2.28. The summed E-state index contributed by atoms with van der Waals surface area (Å²) in [6.07, 6.45) is 3.28. The Bertz CT molecular complexity index is 534. The maximum atomic E-state index is 5.72. The second-order valence-corrected chi connectivity index (χ2v) is 5.44. The summed E-state index contributed by atoms with van der Waals surface area (Å²) < 4.78 is 0. The van der Waals surface area contributed by atoms with Crippen molar-refractivity contribution in [3.8, 4) is 0 Å². The third-order valence-corrected chi connectivity index (χ3v) is 3.94. The zero-order chi connectivity index (χ0) is 14.4. The van der Waals surface area contributed by atoms with Crippen molar-refractivity contribution in [3.63, 3.8) is 0 Å². The van der Waals surface area contributed by atoms with Gasteiger partial charge in [0.15, 0.2) is 0 Å². The third kappa shape index (κ3) is 3.92. The van der Waals surface area contributed by atoms with Crippen LogP contribution >= 0.6 is 0 Å². The molecule has 106 valence electrons. The Kier molecular flexibility index (Phi) is 5.33. The molecule has 0 aliphatic carbocycles. The van der Waals surface area contributed by atoms with Crippen LogP contribution < -0.4 is 11.3 Å². The maximum Gasteiger partial charge on any atom is 0.0460 e. The lowest BCUT2D eigenvalue weighted by Gasteiger charge is -2.17. The van der Waals surface area contributed by atoms with Crippen LogP contribution in [0.4, 0.5) is 0 Å². The van der Waals surface area contributed by atoms with Gasteiger partial charge in [0.2, 0.25) is 0 Å². The summed E-state index contributed by atoms with van der Waals surface area (Å²) in [4.78, 5) is 0. The topological polar surface area (TPSA) is 38.0 Å². The van der Waals surface area contributed by atoms with E-state index in [0.717, 1.165) is 19.3 Å². The van der Waals surface area contributed by atoms with Crippen LogP contribution in [0.3, 0.4) is 0 Å². The molecule has 2 heteroatoms. The molecule has 1 atom stereocenters. The number of hydrazine groups is 1. The molecule has 3 N–H and O–H groups in total. The van der Waals surface area contributed by atoms with Crippen molar-refractivity contribution in [2.75, 3.05) is 0 Å². The maximum absolute atomic E-state index is 5.72. The minimum atomic E-state index is 0.234. The Hall–Kier alpha value is -1.64. The highest BCUT2D eigenvalue weighted by atomic mass is 15.2. The average Bonchev–Trinajstić information content (AvgIpc) is 2.48. The molecule has 2 aromatic carbocycles. The molecule has 2 aromatic rings. The Morgan fingerprint density at radius 2 is 1.75 bits per heavy atom. The molecule has 0 aromatic heterocycles. The van der Waals surface area contributed by atoms with Gasteiger partial charge in [-0.3, -0.25) is 11.3 Å². The molecule has 2 rings (SSSR count). The van der Waals surface area contributed by atoms with Crippen LogP contribution in [-0.4, -0.2) is 0 Å². The van der Waals surface area contributed by atoms with Crippen molar-refractivity contribution in [1.29, 1.82) is 0 Å². The van der Waals surface area contributed by atoms with E-state index < -0.39 is 0 Å². The number of rotatable bonds is 6. The Labute approximate surface area is 122 Å². The first kappa shape index (κ1) is 14.8. The van der Waals surface area contributed by atoms with E-state index in [4.69, 9.17) is 5.84 Å². The molecule has 0 fully saturated rings. The van der Waals surface area contributed by atoms with Gasteiger partial charge in [0.05, 0.1) is 0 Å². The molecule has 20 heavy (non-hydrogen) atoms. The molecular formula is C18H24N2. The summed E-state index contributed by atoms with van der Waals surface area (Å²) in [6, 6.07) is 17.4. The summed E-state index contributed by atoms with van der Waals surface area (Å²) in [5.41, 5.74) is 8.28. The van der Waals surface area contributed by atoms with E-state index in [1.54, 1.807) is 0 Å². The largest absolute Gasteiger partial charge is 0.271 e. The number of aryl methyl sites for hydroxylation is 3. The van der Waals surface area contributed by atoms with Crippen molar-refractivity contribution < 1.29 is 0 Å². The number of nitrogens with one attached hydrogen (secondary N) is 1. The predicted molar refractivity (Wildman–Crippen MR) is 85.4 cm³/mol. The molecule has 0 aliphatic rings. The standard InChI is InChI=1S/C18H24N2/c1-14-11-12-17(13-15(14)2)18(20-19)10-6-9-16-7-4-3-5-8-16/h3-5,7-8,11-13,18,20H,6,9-10,19H2,1-2H3. The number of benzene rings is 2. The van der Waals surface area contributed by atoms with Gasteiger partial charge in [-0.25, -0.2) is 0 Å². The second-order valence-electron chi connectivity index (χ2n) is 5.44. The minimum absolute atomic E-state index is 0.234. The lowest BCUT2D eigenvalue weighted by atomic mass is 9.97. The van der Waals surface area contributed by atoms with Crippen molar-refractivity contribution in [2.45, 2.75) is 39.2 Å². The number of nitrogens with two attached hydrogens (primary N) is 1. The van der Waals surface area contributed by atoms with Gasteiger partial charge >= 0.3 is 0 Å². The van der Waals surface area contributed by atoms with Crippen LogP contribution in [0.25, 0.3) is 0 Å². The molecule has 2 nitrogen and oxygen atoms in total. The third-order valence-electron chi connectivity index (χ3n) is 3.94. The van der Waals surface area contributed by atoms with Crippen molar-refractivity contribution in [3.05, 3.63) is 70.8 Å². The van der Waals surface area contributed by atoms with Crippen LogP contribution in [0.1, 0.15) is 41.1 Å². The van der Waals surface area contributed by atoms with Crippen LogP contribution in [0, 0.1) is 13.8 Å². The predicted octanol–water partition coefficient (Wildman–Crippen LogP) is 3.83. The fraction of sp³-hybridized carbons (Fsp3) is 0.333. The molecule has 0 saturated heterocycles. The van der Waals surface area contributed by atoms with Crippen LogP contribution in [0.5, 0.6) is 0 Å². The first-order valence-electron chi connectivity index (χ1n) is 7.28. The van der Waals surface area contributed by atoms with Gasteiger partial charge in [0.25, 0.3) is 0 Å². The minimum Gasteiger partial charge on any atom is -0.271 e. The Morgan fingerprint density at radius 1 is 1.00 bits per heavy atom. The highest BCUT2D eigenvalue weighted by Crippen LogP contribution is 2.21. The fourth-order valence-electron chi connectivity index (χ4n) is 2.48. The van der Waals surface area contributed by atoms with Crippen LogP contribution in [0.15, 0.2) is 48.5 Å². The van der Waals surface area contributed by atoms with Gasteiger partial charge in [-0.15, -0.1) is 0 Å². The van der Waals surface area contributed by atoms with E-state index in [1.165, 1.54) is 22.3 Å². The fourth-order valence-corrected chi connectivity index (χ4v) is 2.48. The second kappa shape index (κ2) is 7.22. The summed E-state index contributed by atoms with van der Waals surface area (Å²) in [5, 5.41) is 0. The van der Waals surface area contributed by atoms with Gasteiger partial charge in [-0.05, 0) is 55.4 Å². The molecular weight excluding hydrogens is 244 g/mol. The molecule has 0 radical (unpaired) electrons. The SMILES string of the molecule is Cc1ccc(C(CCCc2ccccc2)NN)cc1C. The van der Waals surface area contributed by atoms with Gasteiger partial charge in [0, 0.05) is 6.04 Å². The molecule has 0 aliphatic heterocycles. The first-order valence-corrected chi connectivity index (χ1v) is 7.28. The van der Waals surface area contributed by atoms with Gasteiger partial charge in [-0.1, -0.05) is 48.5 Å². The average molecular weight is 268 g/mol. The molecule has 0 spiro atoms. The molecule has 0 saturated carbocycles. The zero-order valence-corrected chi connectivity index (χ0v) is 12.4. The van der Waals surface area contributed by atoms with E-state index in [-0.39, 0.29) is 6.04 Å². The molecule has 0 heterocycles. The van der Waals surface area contributed by atoms with Crippen molar-refractivity contribution >= 4 is 0 Å². The quantitative estimate of drug-likeness (QED) is 0.617. The summed E-state index contributed by atoms with van der Waals surface area (Å²) >= 11 is 0. The summed E-state index contributed by atoms with van der Waals surface area (Å²) in [7, 11) is 0. The molecule has 0 amide bonds. The van der Waals surface area contributed by atoms with Crippen LogP contribution in [-0.2, 0) is 6.42 Å². The molecule has 1 unspecified atom stereocenters. The van der Waals surface area contributed by atoms with E-state index in [0.29, 0.717) is 0 Å². The summed E-state index contributed by atoms with van der Waals surface area (Å²) in [5.74, 6) is 5.72. The molecule has 0 bridgehead atoms. The lowest BCUT2D eigenvalue weighted by molar-refractivity contribution is 0.498. The Balaban J connectivity index is 1.93. The summed E-state index contributed by atoms with van der Waals surface area (Å²) in [6.45, 7) is 4.29. The van der Waals surface area contributed by atoms with Gasteiger partial charge in [-0.2, -0.15) is 0 Å². The number of hydrogen-bond donors (Lipinski definition) is 2.